The summed E-state index contributed by atoms with van der Waals surface area (Å²) in [4.78, 5) is 38.7. The number of ketones is 1. The zero-order chi connectivity index (χ0) is 19.0. The first-order valence-corrected chi connectivity index (χ1v) is 7.73. The van der Waals surface area contributed by atoms with E-state index in [-0.39, 0.29) is 35.2 Å². The highest BCUT2D eigenvalue weighted by atomic mass is 19.1. The van der Waals surface area contributed by atoms with Gasteiger partial charge in [0.2, 0.25) is 5.78 Å². The van der Waals surface area contributed by atoms with Crippen molar-refractivity contribution in [1.29, 1.82) is 0 Å². The molecule has 0 aliphatic heterocycles. The molecule has 0 spiro atoms. The molecular weight excluding hydrogens is 343 g/mol. The van der Waals surface area contributed by atoms with Crippen molar-refractivity contribution >= 4 is 28.9 Å². The lowest BCUT2D eigenvalue weighted by molar-refractivity contribution is -0.104. The fraction of sp³-hybridized carbons (Fsp3) is 0.235. The number of rotatable bonds is 5. The highest BCUT2D eigenvalue weighted by Gasteiger charge is 2.23. The third kappa shape index (κ3) is 2.67. The molecular formula is C17H15FN4O4. The molecule has 3 rings (SSSR count). The second kappa shape index (κ2) is 6.51. The largest absolute Gasteiger partial charge is 0.461 e. The Bertz CT molecular complexity index is 1050. The van der Waals surface area contributed by atoms with E-state index in [0.29, 0.717) is 11.2 Å². The molecule has 0 unspecified atom stereocenters. The van der Waals surface area contributed by atoms with Gasteiger partial charge in [-0.1, -0.05) is 0 Å². The lowest BCUT2D eigenvalue weighted by atomic mass is 10.1. The number of carbonyl (C=O) groups excluding carboxylic acids is 3. The number of fused-ring (bicyclic) bond motifs is 1. The third-order valence-corrected chi connectivity index (χ3v) is 3.93. The van der Waals surface area contributed by atoms with Gasteiger partial charge in [0.25, 0.3) is 0 Å². The summed E-state index contributed by atoms with van der Waals surface area (Å²) in [5, 5.41) is 4.23. The van der Waals surface area contributed by atoms with Crippen LogP contribution in [0.5, 0.6) is 0 Å². The number of ether oxygens (including phenoxy) is 1. The normalized spacial score (nSPS) is 10.9. The average molecular weight is 358 g/mol. The molecule has 134 valence electrons. The van der Waals surface area contributed by atoms with E-state index in [9.17, 15) is 18.8 Å². The summed E-state index contributed by atoms with van der Waals surface area (Å²) >= 11 is 0. The minimum atomic E-state index is -0.833. The Morgan fingerprint density at radius 3 is 2.73 bits per heavy atom. The minimum Gasteiger partial charge on any atom is -0.461 e. The highest BCUT2D eigenvalue weighted by Crippen LogP contribution is 2.31. The maximum atomic E-state index is 14.3. The fourth-order valence-electron chi connectivity index (χ4n) is 2.82. The van der Waals surface area contributed by atoms with Gasteiger partial charge in [-0.2, -0.15) is 5.10 Å². The van der Waals surface area contributed by atoms with Gasteiger partial charge in [0, 0.05) is 26.4 Å². The van der Waals surface area contributed by atoms with Crippen molar-refractivity contribution < 1.29 is 23.5 Å². The van der Waals surface area contributed by atoms with Gasteiger partial charge in [-0.15, -0.1) is 0 Å². The zero-order valence-electron chi connectivity index (χ0n) is 14.3. The molecule has 0 fully saturated rings. The van der Waals surface area contributed by atoms with Crippen LogP contribution in [0.1, 0.15) is 27.8 Å². The fourth-order valence-corrected chi connectivity index (χ4v) is 2.82. The van der Waals surface area contributed by atoms with E-state index in [4.69, 9.17) is 4.74 Å². The van der Waals surface area contributed by atoms with Crippen LogP contribution in [0.25, 0.3) is 22.3 Å². The van der Waals surface area contributed by atoms with Crippen molar-refractivity contribution in [2.75, 3.05) is 6.61 Å². The van der Waals surface area contributed by atoms with Crippen LogP contribution in [0.2, 0.25) is 0 Å². The molecule has 0 radical (unpaired) electrons. The summed E-state index contributed by atoms with van der Waals surface area (Å²) in [6, 6.07) is 1.48. The predicted molar refractivity (Wildman–Crippen MR) is 89.2 cm³/mol. The van der Waals surface area contributed by atoms with E-state index in [0.717, 1.165) is 6.20 Å². The van der Waals surface area contributed by atoms with Gasteiger partial charge in [0.15, 0.2) is 12.1 Å². The van der Waals surface area contributed by atoms with Crippen LogP contribution in [0.3, 0.4) is 0 Å². The molecule has 0 bridgehead atoms. The van der Waals surface area contributed by atoms with Crippen molar-refractivity contribution in [3.8, 4) is 11.4 Å². The van der Waals surface area contributed by atoms with Crippen molar-refractivity contribution in [2.45, 2.75) is 6.92 Å². The van der Waals surface area contributed by atoms with Crippen LogP contribution in [0, 0.1) is 5.82 Å². The number of esters is 1. The van der Waals surface area contributed by atoms with Crippen LogP contribution in [-0.2, 0) is 23.6 Å². The first kappa shape index (κ1) is 17.5. The van der Waals surface area contributed by atoms with Crippen molar-refractivity contribution in [1.82, 2.24) is 19.3 Å². The van der Waals surface area contributed by atoms with Crippen LogP contribution in [-0.4, -0.2) is 44.0 Å². The molecule has 9 heteroatoms. The molecule has 8 nitrogen and oxygen atoms in total. The molecule has 0 aliphatic rings. The second-order valence-electron chi connectivity index (χ2n) is 5.57. The summed E-state index contributed by atoms with van der Waals surface area (Å²) in [7, 11) is 3.17. The number of nitrogens with zero attached hydrogens (tertiary/aromatic N) is 4. The number of aryl methyl sites for hydroxylation is 2. The van der Waals surface area contributed by atoms with E-state index < -0.39 is 17.6 Å². The molecule has 3 aromatic rings. The average Bonchev–Trinajstić information content (AvgIpc) is 3.16. The van der Waals surface area contributed by atoms with Crippen molar-refractivity contribution in [2.24, 2.45) is 14.1 Å². The lowest BCUT2D eigenvalue weighted by Crippen LogP contribution is -2.10. The molecule has 3 aromatic heterocycles. The number of hydrogen-bond acceptors (Lipinski definition) is 6. The summed E-state index contributed by atoms with van der Waals surface area (Å²) in [5.74, 6) is -2.10. The summed E-state index contributed by atoms with van der Waals surface area (Å²) in [6.07, 6.45) is 2.46. The Labute approximate surface area is 147 Å². The number of Topliss-reactive ketones (excluding diaryl/α,β-unsaturated/α-hetero) is 1. The third-order valence-electron chi connectivity index (χ3n) is 3.93. The maximum absolute atomic E-state index is 14.3. The molecule has 0 saturated heterocycles. The van der Waals surface area contributed by atoms with E-state index in [1.165, 1.54) is 21.5 Å². The standard InChI is InChI=1S/C17H15FN4O4/c1-4-26-17(25)12-5-11(20-22(12)3)15-16-14(10(18)6-19-15)9(7-21(16)2)13(24)8-23/h5-8H,4H2,1-3H3. The highest BCUT2D eigenvalue weighted by molar-refractivity contribution is 6.36. The first-order valence-electron chi connectivity index (χ1n) is 7.73. The Balaban J connectivity index is 2.24. The first-order chi connectivity index (χ1) is 12.4. The predicted octanol–water partition coefficient (Wildman–Crippen LogP) is 1.67. The number of halogens is 1. The van der Waals surface area contributed by atoms with Crippen LogP contribution < -0.4 is 0 Å². The molecule has 0 aromatic carbocycles. The molecule has 0 atom stereocenters. The zero-order valence-corrected chi connectivity index (χ0v) is 14.3. The number of aromatic nitrogens is 4. The van der Waals surface area contributed by atoms with E-state index in [1.807, 2.05) is 0 Å². The lowest BCUT2D eigenvalue weighted by Gasteiger charge is -2.03. The van der Waals surface area contributed by atoms with Gasteiger partial charge in [0.1, 0.15) is 17.1 Å². The van der Waals surface area contributed by atoms with Crippen LogP contribution >= 0.6 is 0 Å². The smallest absolute Gasteiger partial charge is 0.356 e. The van der Waals surface area contributed by atoms with Crippen molar-refractivity contribution in [3.63, 3.8) is 0 Å². The number of carbonyl (C=O) groups is 3. The monoisotopic (exact) mass is 358 g/mol. The Hall–Kier alpha value is -3.36. The second-order valence-corrected chi connectivity index (χ2v) is 5.57. The van der Waals surface area contributed by atoms with Gasteiger partial charge in [-0.3, -0.25) is 14.3 Å². The van der Waals surface area contributed by atoms with E-state index in [2.05, 4.69) is 10.1 Å². The van der Waals surface area contributed by atoms with Gasteiger partial charge < -0.3 is 9.30 Å². The Morgan fingerprint density at radius 2 is 2.08 bits per heavy atom. The molecule has 0 saturated carbocycles. The molecule has 0 N–H and O–H groups in total. The van der Waals surface area contributed by atoms with Crippen molar-refractivity contribution in [3.05, 3.63) is 35.5 Å². The van der Waals surface area contributed by atoms with Gasteiger partial charge in [-0.05, 0) is 6.92 Å². The maximum Gasteiger partial charge on any atom is 0.356 e. The minimum absolute atomic E-state index is 0.0158. The summed E-state index contributed by atoms with van der Waals surface area (Å²) in [6.45, 7) is 1.91. The number of aldehydes is 1. The Kier molecular flexibility index (Phi) is 4.37. The molecule has 0 amide bonds. The summed E-state index contributed by atoms with van der Waals surface area (Å²) in [5.41, 5.74) is 1.04. The molecule has 3 heterocycles. The quantitative estimate of drug-likeness (QED) is 0.298. The SMILES string of the molecule is CCOC(=O)c1cc(-c2ncc(F)c3c(C(=O)C=O)cn(C)c23)nn1C. The number of pyridine rings is 1. The molecule has 0 aliphatic carbocycles. The van der Waals surface area contributed by atoms with Gasteiger partial charge >= 0.3 is 5.97 Å². The van der Waals surface area contributed by atoms with E-state index >= 15 is 0 Å². The summed E-state index contributed by atoms with van der Waals surface area (Å²) < 4.78 is 22.1. The topological polar surface area (TPSA) is 96.1 Å². The van der Waals surface area contributed by atoms with E-state index in [1.54, 1.807) is 21.0 Å². The molecule has 26 heavy (non-hydrogen) atoms. The van der Waals surface area contributed by atoms with Crippen LogP contribution in [0.15, 0.2) is 18.5 Å². The number of hydrogen-bond donors (Lipinski definition) is 0. The van der Waals surface area contributed by atoms with Crippen LogP contribution in [0.4, 0.5) is 4.39 Å². The van der Waals surface area contributed by atoms with Gasteiger partial charge in [0.05, 0.1) is 29.3 Å². The Morgan fingerprint density at radius 1 is 1.35 bits per heavy atom. The van der Waals surface area contributed by atoms with Gasteiger partial charge in [-0.25, -0.2) is 14.2 Å².